The smallest absolute Gasteiger partial charge is 0.345 e. The fourth-order valence-electron chi connectivity index (χ4n) is 2.42. The lowest BCUT2D eigenvalue weighted by molar-refractivity contribution is 0.177. The van der Waals surface area contributed by atoms with Gasteiger partial charge >= 0.3 is 5.69 Å². The van der Waals surface area contributed by atoms with E-state index in [0.717, 1.165) is 5.56 Å². The number of nitrogens with zero attached hydrogens (tertiary/aromatic N) is 1. The van der Waals surface area contributed by atoms with Gasteiger partial charge in [0.15, 0.2) is 0 Å². The lowest BCUT2D eigenvalue weighted by Gasteiger charge is -2.12. The van der Waals surface area contributed by atoms with Crippen molar-refractivity contribution in [3.63, 3.8) is 0 Å². The molecule has 2 aromatic carbocycles. The van der Waals surface area contributed by atoms with Crippen LogP contribution in [0.2, 0.25) is 10.0 Å². The fourth-order valence-corrected chi connectivity index (χ4v) is 2.73. The highest BCUT2D eigenvalue weighted by Gasteiger charge is 2.12. The molecule has 0 bridgehead atoms. The zero-order valence-corrected chi connectivity index (χ0v) is 14.1. The van der Waals surface area contributed by atoms with E-state index in [1.54, 1.807) is 24.3 Å². The van der Waals surface area contributed by atoms with E-state index >= 15 is 0 Å². The topological polar surface area (TPSA) is 66.0 Å². The number of rotatable bonds is 4. The van der Waals surface area contributed by atoms with Gasteiger partial charge in [-0.15, -0.1) is 0 Å². The van der Waals surface area contributed by atoms with Gasteiger partial charge in [0.05, 0.1) is 21.8 Å². The molecule has 0 aliphatic heterocycles. The highest BCUT2D eigenvalue weighted by Crippen LogP contribution is 2.27. The molecule has 0 aliphatic carbocycles. The molecular formula is C18H14Cl2N2O2. The SMILES string of the molecule is O=c1nc(-c2ccccc2)cc(C[C@H](O)c2ccc(Cl)c(Cl)c2)[nH]1. The van der Waals surface area contributed by atoms with E-state index in [1.807, 2.05) is 30.3 Å². The first-order valence-electron chi connectivity index (χ1n) is 7.31. The number of hydrogen-bond acceptors (Lipinski definition) is 3. The largest absolute Gasteiger partial charge is 0.388 e. The molecule has 122 valence electrons. The summed E-state index contributed by atoms with van der Waals surface area (Å²) in [4.78, 5) is 18.5. The average molecular weight is 361 g/mol. The quantitative estimate of drug-likeness (QED) is 0.738. The van der Waals surface area contributed by atoms with Crippen LogP contribution in [-0.4, -0.2) is 15.1 Å². The molecule has 0 aliphatic rings. The first kappa shape index (κ1) is 16.7. The van der Waals surface area contributed by atoms with Gasteiger partial charge in [-0.3, -0.25) is 0 Å². The van der Waals surface area contributed by atoms with Crippen LogP contribution in [0.3, 0.4) is 0 Å². The van der Waals surface area contributed by atoms with Crippen LogP contribution in [0, 0.1) is 0 Å². The summed E-state index contributed by atoms with van der Waals surface area (Å²) in [6, 6.07) is 16.1. The van der Waals surface area contributed by atoms with E-state index in [0.29, 0.717) is 27.0 Å². The molecule has 0 saturated carbocycles. The molecule has 6 heteroatoms. The standard InChI is InChI=1S/C18H14Cl2N2O2/c19-14-7-6-12(8-15(14)20)17(23)10-13-9-16(22-18(24)21-13)11-4-2-1-3-5-11/h1-9,17,23H,10H2,(H,21,22,24)/t17-/m0/s1. The summed E-state index contributed by atoms with van der Waals surface area (Å²) in [6.07, 6.45) is -0.586. The Bertz CT molecular complexity index is 910. The molecule has 0 fully saturated rings. The number of H-pyrrole nitrogens is 1. The molecule has 3 aromatic rings. The first-order valence-corrected chi connectivity index (χ1v) is 8.07. The second-order valence-electron chi connectivity index (χ2n) is 5.36. The summed E-state index contributed by atoms with van der Waals surface area (Å²) in [5, 5.41) is 11.2. The minimum Gasteiger partial charge on any atom is -0.388 e. The number of benzene rings is 2. The number of aliphatic hydroxyl groups excluding tert-OH is 1. The van der Waals surface area contributed by atoms with Crippen molar-refractivity contribution in [3.05, 3.63) is 86.4 Å². The van der Waals surface area contributed by atoms with Crippen molar-refractivity contribution in [1.29, 1.82) is 0 Å². The molecule has 0 radical (unpaired) electrons. The maximum absolute atomic E-state index is 11.8. The van der Waals surface area contributed by atoms with Crippen LogP contribution < -0.4 is 5.69 Å². The molecule has 0 unspecified atom stereocenters. The number of halogens is 2. The molecule has 0 saturated heterocycles. The predicted octanol–water partition coefficient (Wildman–Crippen LogP) is 4.02. The molecule has 3 rings (SSSR count). The number of aliphatic hydroxyl groups is 1. The molecule has 1 aromatic heterocycles. The lowest BCUT2D eigenvalue weighted by atomic mass is 10.0. The number of hydrogen-bond donors (Lipinski definition) is 2. The van der Waals surface area contributed by atoms with E-state index in [-0.39, 0.29) is 6.42 Å². The summed E-state index contributed by atoms with van der Waals surface area (Å²) in [5.41, 5.74) is 2.17. The minimum absolute atomic E-state index is 0.232. The Morgan fingerprint density at radius 1 is 1.04 bits per heavy atom. The summed E-state index contributed by atoms with van der Waals surface area (Å²) in [6.45, 7) is 0. The number of aromatic amines is 1. The van der Waals surface area contributed by atoms with E-state index in [1.165, 1.54) is 0 Å². The van der Waals surface area contributed by atoms with Crippen molar-refractivity contribution in [2.24, 2.45) is 0 Å². The summed E-state index contributed by atoms with van der Waals surface area (Å²) >= 11 is 11.9. The van der Waals surface area contributed by atoms with Crippen LogP contribution in [0.4, 0.5) is 0 Å². The molecule has 1 atom stereocenters. The van der Waals surface area contributed by atoms with Crippen molar-refractivity contribution in [1.82, 2.24) is 9.97 Å². The number of nitrogens with one attached hydrogen (secondary N) is 1. The van der Waals surface area contributed by atoms with Gasteiger partial charge in [0, 0.05) is 17.7 Å². The van der Waals surface area contributed by atoms with Crippen molar-refractivity contribution in [3.8, 4) is 11.3 Å². The van der Waals surface area contributed by atoms with Crippen molar-refractivity contribution < 1.29 is 5.11 Å². The summed E-state index contributed by atoms with van der Waals surface area (Å²) < 4.78 is 0. The Kier molecular flexibility index (Phi) is 5.00. The zero-order chi connectivity index (χ0) is 17.1. The van der Waals surface area contributed by atoms with Gasteiger partial charge in [0.25, 0.3) is 0 Å². The van der Waals surface area contributed by atoms with Gasteiger partial charge < -0.3 is 10.1 Å². The lowest BCUT2D eigenvalue weighted by Crippen LogP contribution is -2.15. The fraction of sp³-hybridized carbons (Fsp3) is 0.111. The average Bonchev–Trinajstić information content (AvgIpc) is 2.57. The molecule has 1 heterocycles. The van der Waals surface area contributed by atoms with E-state index in [2.05, 4.69) is 9.97 Å². The van der Waals surface area contributed by atoms with Crippen LogP contribution in [0.5, 0.6) is 0 Å². The van der Waals surface area contributed by atoms with Crippen molar-refractivity contribution in [2.75, 3.05) is 0 Å². The third-order valence-corrected chi connectivity index (χ3v) is 4.35. The van der Waals surface area contributed by atoms with Gasteiger partial charge in [0.1, 0.15) is 0 Å². The zero-order valence-electron chi connectivity index (χ0n) is 12.5. The van der Waals surface area contributed by atoms with E-state index in [4.69, 9.17) is 23.2 Å². The normalized spacial score (nSPS) is 12.1. The van der Waals surface area contributed by atoms with Crippen LogP contribution in [0.15, 0.2) is 59.4 Å². The van der Waals surface area contributed by atoms with Crippen molar-refractivity contribution in [2.45, 2.75) is 12.5 Å². The van der Waals surface area contributed by atoms with Crippen molar-refractivity contribution >= 4 is 23.2 Å². The highest BCUT2D eigenvalue weighted by atomic mass is 35.5. The molecule has 4 nitrogen and oxygen atoms in total. The van der Waals surface area contributed by atoms with Crippen LogP contribution >= 0.6 is 23.2 Å². The van der Waals surface area contributed by atoms with Crippen LogP contribution in [0.1, 0.15) is 17.4 Å². The van der Waals surface area contributed by atoms with E-state index in [9.17, 15) is 9.90 Å². The maximum Gasteiger partial charge on any atom is 0.345 e. The third-order valence-electron chi connectivity index (χ3n) is 3.61. The minimum atomic E-state index is -0.818. The van der Waals surface area contributed by atoms with Gasteiger partial charge in [-0.05, 0) is 23.8 Å². The molecule has 24 heavy (non-hydrogen) atoms. The Morgan fingerprint density at radius 2 is 1.79 bits per heavy atom. The van der Waals surface area contributed by atoms with Gasteiger partial charge in [-0.25, -0.2) is 4.79 Å². The second-order valence-corrected chi connectivity index (χ2v) is 6.17. The summed E-state index contributed by atoms with van der Waals surface area (Å²) in [5.74, 6) is 0. The second kappa shape index (κ2) is 7.18. The van der Waals surface area contributed by atoms with Gasteiger partial charge in [-0.1, -0.05) is 59.6 Å². The highest BCUT2D eigenvalue weighted by molar-refractivity contribution is 6.42. The number of aromatic nitrogens is 2. The molecule has 0 amide bonds. The Hall–Kier alpha value is -2.14. The van der Waals surface area contributed by atoms with Gasteiger partial charge in [0.2, 0.25) is 0 Å². The third kappa shape index (κ3) is 3.85. The Morgan fingerprint density at radius 3 is 2.50 bits per heavy atom. The van der Waals surface area contributed by atoms with Crippen LogP contribution in [-0.2, 0) is 6.42 Å². The summed E-state index contributed by atoms with van der Waals surface area (Å²) in [7, 11) is 0. The monoisotopic (exact) mass is 360 g/mol. The molecule has 0 spiro atoms. The van der Waals surface area contributed by atoms with Crippen LogP contribution in [0.25, 0.3) is 11.3 Å². The molecular weight excluding hydrogens is 347 g/mol. The Labute approximate surface area is 148 Å². The van der Waals surface area contributed by atoms with E-state index < -0.39 is 11.8 Å². The molecule has 2 N–H and O–H groups in total. The first-order chi connectivity index (χ1) is 11.5. The predicted molar refractivity (Wildman–Crippen MR) is 95.4 cm³/mol. The Balaban J connectivity index is 1.88. The van der Waals surface area contributed by atoms with Gasteiger partial charge in [-0.2, -0.15) is 4.98 Å². The maximum atomic E-state index is 11.8.